The van der Waals surface area contributed by atoms with E-state index < -0.39 is 12.8 Å². The zero-order chi connectivity index (χ0) is 13.2. The summed E-state index contributed by atoms with van der Waals surface area (Å²) < 4.78 is 42.2. The van der Waals surface area contributed by atoms with Gasteiger partial charge in [0.2, 0.25) is 0 Å². The van der Waals surface area contributed by atoms with E-state index >= 15 is 0 Å². The van der Waals surface area contributed by atoms with Crippen LogP contribution in [0.3, 0.4) is 0 Å². The second-order valence-corrected chi connectivity index (χ2v) is 3.94. The van der Waals surface area contributed by atoms with Gasteiger partial charge in [0.05, 0.1) is 5.52 Å². The van der Waals surface area contributed by atoms with Gasteiger partial charge in [0.25, 0.3) is 0 Å². The number of nitrogens with two attached hydrogens (primary N) is 1. The van der Waals surface area contributed by atoms with Crippen molar-refractivity contribution in [3.8, 4) is 0 Å². The molecule has 0 bridgehead atoms. The Bertz CT molecular complexity index is 534. The molecular formula is C12H13F3N2O. The maximum absolute atomic E-state index is 12.0. The second-order valence-electron chi connectivity index (χ2n) is 3.94. The number of hydrogen-bond acceptors (Lipinski definition) is 2. The van der Waals surface area contributed by atoms with Crippen LogP contribution in [0.25, 0.3) is 10.9 Å². The Morgan fingerprint density at radius 2 is 2.00 bits per heavy atom. The van der Waals surface area contributed by atoms with E-state index in [1.54, 1.807) is 10.8 Å². The largest absolute Gasteiger partial charge is 0.411 e. The molecule has 2 rings (SSSR count). The maximum Gasteiger partial charge on any atom is 0.411 e. The minimum absolute atomic E-state index is 0.139. The van der Waals surface area contributed by atoms with Gasteiger partial charge in [-0.25, -0.2) is 0 Å². The van der Waals surface area contributed by atoms with Crippen molar-refractivity contribution in [3.05, 3.63) is 36.0 Å². The number of alkyl halides is 3. The number of hydrogen-bond donors (Lipinski definition) is 1. The molecule has 0 aliphatic rings. The van der Waals surface area contributed by atoms with Crippen LogP contribution in [0.1, 0.15) is 5.56 Å². The van der Waals surface area contributed by atoms with Crippen molar-refractivity contribution in [2.75, 3.05) is 6.61 Å². The molecule has 0 unspecified atom stereocenters. The molecular weight excluding hydrogens is 245 g/mol. The normalized spacial score (nSPS) is 12.2. The van der Waals surface area contributed by atoms with Crippen molar-refractivity contribution < 1.29 is 17.9 Å². The zero-order valence-electron chi connectivity index (χ0n) is 9.57. The van der Waals surface area contributed by atoms with Crippen LogP contribution in [-0.2, 0) is 18.0 Å². The van der Waals surface area contributed by atoms with E-state index in [-0.39, 0.29) is 6.73 Å². The highest BCUT2D eigenvalue weighted by atomic mass is 19.4. The first-order valence-corrected chi connectivity index (χ1v) is 5.42. The molecule has 2 N–H and O–H groups in total. The minimum atomic E-state index is -4.31. The van der Waals surface area contributed by atoms with E-state index in [0.717, 1.165) is 16.5 Å². The first kappa shape index (κ1) is 12.9. The number of fused-ring (bicyclic) bond motifs is 1. The molecule has 1 aromatic carbocycles. The third-order valence-electron chi connectivity index (χ3n) is 2.59. The molecule has 0 radical (unpaired) electrons. The smallest absolute Gasteiger partial charge is 0.351 e. The van der Waals surface area contributed by atoms with Gasteiger partial charge in [-0.05, 0) is 17.0 Å². The molecule has 0 spiro atoms. The van der Waals surface area contributed by atoms with Crippen molar-refractivity contribution in [3.63, 3.8) is 0 Å². The molecule has 3 nitrogen and oxygen atoms in total. The second kappa shape index (κ2) is 4.99. The number of para-hydroxylation sites is 1. The quantitative estimate of drug-likeness (QED) is 0.915. The topological polar surface area (TPSA) is 40.2 Å². The standard InChI is InChI=1S/C12H13F3N2O/c13-12(14,15)7-18-8-17-5-4-9-2-1-3-10(6-16)11(9)17/h1-5H,6-8,16H2. The summed E-state index contributed by atoms with van der Waals surface area (Å²) in [6, 6.07) is 7.42. The number of nitrogens with zero attached hydrogens (tertiary/aromatic N) is 1. The van der Waals surface area contributed by atoms with E-state index in [1.165, 1.54) is 0 Å². The molecule has 1 aromatic heterocycles. The summed E-state index contributed by atoms with van der Waals surface area (Å²) >= 11 is 0. The van der Waals surface area contributed by atoms with Crippen molar-refractivity contribution in [1.29, 1.82) is 0 Å². The van der Waals surface area contributed by atoms with Crippen LogP contribution in [0.15, 0.2) is 30.5 Å². The molecule has 98 valence electrons. The van der Waals surface area contributed by atoms with Crippen LogP contribution >= 0.6 is 0 Å². The average molecular weight is 258 g/mol. The Kier molecular flexibility index (Phi) is 3.58. The summed E-state index contributed by atoms with van der Waals surface area (Å²) in [7, 11) is 0. The van der Waals surface area contributed by atoms with E-state index in [4.69, 9.17) is 5.73 Å². The van der Waals surface area contributed by atoms with Crippen molar-refractivity contribution >= 4 is 10.9 Å². The zero-order valence-corrected chi connectivity index (χ0v) is 9.57. The minimum Gasteiger partial charge on any atom is -0.351 e. The van der Waals surface area contributed by atoms with Crippen LogP contribution in [0.5, 0.6) is 0 Å². The summed E-state index contributed by atoms with van der Waals surface area (Å²) in [5.74, 6) is 0. The fraction of sp³-hybridized carbons (Fsp3) is 0.333. The molecule has 0 saturated heterocycles. The number of rotatable bonds is 4. The SMILES string of the molecule is NCc1cccc2ccn(COCC(F)(F)F)c12. The van der Waals surface area contributed by atoms with Crippen LogP contribution < -0.4 is 5.73 Å². The summed E-state index contributed by atoms with van der Waals surface area (Å²) in [4.78, 5) is 0. The Morgan fingerprint density at radius 1 is 1.22 bits per heavy atom. The summed E-state index contributed by atoms with van der Waals surface area (Å²) in [6.45, 7) is -1.06. The number of ether oxygens (including phenoxy) is 1. The van der Waals surface area contributed by atoms with Gasteiger partial charge in [0.1, 0.15) is 13.3 Å². The molecule has 0 fully saturated rings. The molecule has 1 heterocycles. The lowest BCUT2D eigenvalue weighted by Crippen LogP contribution is -2.18. The highest BCUT2D eigenvalue weighted by Crippen LogP contribution is 2.21. The third-order valence-corrected chi connectivity index (χ3v) is 2.59. The number of halogens is 3. The van der Waals surface area contributed by atoms with Gasteiger partial charge in [-0.2, -0.15) is 13.2 Å². The van der Waals surface area contributed by atoms with Gasteiger partial charge in [0, 0.05) is 12.7 Å². The lowest BCUT2D eigenvalue weighted by atomic mass is 10.1. The van der Waals surface area contributed by atoms with E-state index in [0.29, 0.717) is 6.54 Å². The highest BCUT2D eigenvalue weighted by molar-refractivity contribution is 5.83. The van der Waals surface area contributed by atoms with Crippen LogP contribution in [-0.4, -0.2) is 17.4 Å². The van der Waals surface area contributed by atoms with Gasteiger partial charge in [-0.1, -0.05) is 18.2 Å². The molecule has 0 saturated carbocycles. The Hall–Kier alpha value is -1.53. The van der Waals surface area contributed by atoms with E-state index in [1.807, 2.05) is 24.3 Å². The first-order chi connectivity index (χ1) is 8.51. The highest BCUT2D eigenvalue weighted by Gasteiger charge is 2.27. The summed E-state index contributed by atoms with van der Waals surface area (Å²) in [5.41, 5.74) is 7.31. The monoisotopic (exact) mass is 258 g/mol. The molecule has 2 aromatic rings. The van der Waals surface area contributed by atoms with Gasteiger partial charge >= 0.3 is 6.18 Å². The van der Waals surface area contributed by atoms with Gasteiger partial charge in [0.15, 0.2) is 0 Å². The van der Waals surface area contributed by atoms with E-state index in [2.05, 4.69) is 4.74 Å². The lowest BCUT2D eigenvalue weighted by Gasteiger charge is -2.11. The fourth-order valence-electron chi connectivity index (χ4n) is 1.87. The lowest BCUT2D eigenvalue weighted by molar-refractivity contribution is -0.181. The summed E-state index contributed by atoms with van der Waals surface area (Å²) in [5, 5.41) is 0.938. The molecule has 0 amide bonds. The summed E-state index contributed by atoms with van der Waals surface area (Å²) in [6.07, 6.45) is -2.61. The van der Waals surface area contributed by atoms with Crippen LogP contribution in [0.2, 0.25) is 0 Å². The van der Waals surface area contributed by atoms with Crippen LogP contribution in [0.4, 0.5) is 13.2 Å². The Labute approximate surface area is 102 Å². The maximum atomic E-state index is 12.0. The van der Waals surface area contributed by atoms with Crippen molar-refractivity contribution in [1.82, 2.24) is 4.57 Å². The predicted molar refractivity (Wildman–Crippen MR) is 61.8 cm³/mol. The van der Waals surface area contributed by atoms with E-state index in [9.17, 15) is 13.2 Å². The average Bonchev–Trinajstić information content (AvgIpc) is 2.71. The number of aromatic nitrogens is 1. The molecule has 18 heavy (non-hydrogen) atoms. The molecule has 0 atom stereocenters. The van der Waals surface area contributed by atoms with Crippen LogP contribution in [0, 0.1) is 0 Å². The van der Waals surface area contributed by atoms with Gasteiger partial charge in [-0.15, -0.1) is 0 Å². The molecule has 0 aliphatic carbocycles. The molecule has 0 aliphatic heterocycles. The molecule has 6 heteroatoms. The Morgan fingerprint density at radius 3 is 2.67 bits per heavy atom. The van der Waals surface area contributed by atoms with Gasteiger partial charge < -0.3 is 15.0 Å². The van der Waals surface area contributed by atoms with Gasteiger partial charge in [-0.3, -0.25) is 0 Å². The third kappa shape index (κ3) is 2.83. The van der Waals surface area contributed by atoms with Crippen molar-refractivity contribution in [2.24, 2.45) is 5.73 Å². The Balaban J connectivity index is 2.18. The number of benzene rings is 1. The fourth-order valence-corrected chi connectivity index (χ4v) is 1.87. The van der Waals surface area contributed by atoms with Crippen molar-refractivity contribution in [2.45, 2.75) is 19.5 Å². The first-order valence-electron chi connectivity index (χ1n) is 5.42. The predicted octanol–water partition coefficient (Wildman–Crippen LogP) is 2.64.